The molecule has 154 valence electrons. The zero-order chi connectivity index (χ0) is 20.1. The van der Waals surface area contributed by atoms with Crippen LogP contribution in [-0.2, 0) is 6.54 Å². The summed E-state index contributed by atoms with van der Waals surface area (Å²) in [5.41, 5.74) is 1.34. The Balaban J connectivity index is 1.49. The Bertz CT molecular complexity index is 777. The fraction of sp³-hybridized carbons (Fsp3) is 0.440. The zero-order valence-electron chi connectivity index (χ0n) is 17.4. The molecular weight excluding hydrogens is 360 g/mol. The number of hydrogen-bond donors (Lipinski definition) is 0. The Hall–Kier alpha value is -2.30. The lowest BCUT2D eigenvalue weighted by Gasteiger charge is -2.45. The van der Waals surface area contributed by atoms with E-state index in [0.29, 0.717) is 18.0 Å². The van der Waals surface area contributed by atoms with Gasteiger partial charge in [0.15, 0.2) is 0 Å². The van der Waals surface area contributed by atoms with Crippen molar-refractivity contribution < 1.29 is 9.47 Å². The summed E-state index contributed by atoms with van der Waals surface area (Å²) in [7, 11) is 1.72. The van der Waals surface area contributed by atoms with Crippen LogP contribution in [0.25, 0.3) is 0 Å². The lowest BCUT2D eigenvalue weighted by atomic mass is 9.95. The number of rotatable bonds is 8. The maximum Gasteiger partial charge on any atom is 0.119 e. The molecule has 29 heavy (non-hydrogen) atoms. The van der Waals surface area contributed by atoms with Crippen LogP contribution in [0.2, 0.25) is 0 Å². The Morgan fingerprint density at radius 2 is 1.76 bits per heavy atom. The lowest BCUT2D eigenvalue weighted by molar-refractivity contribution is 0.0198. The van der Waals surface area contributed by atoms with Crippen molar-refractivity contribution in [2.45, 2.75) is 31.5 Å². The molecule has 0 spiro atoms. The summed E-state index contributed by atoms with van der Waals surface area (Å²) in [4.78, 5) is 5.29. The molecule has 2 bridgehead atoms. The van der Waals surface area contributed by atoms with E-state index in [9.17, 15) is 0 Å². The maximum absolute atomic E-state index is 6.19. The standard InChI is InChI=1S/C25H32N2O2/c1-3-15-26-18-25-21(19-29-24-7-5-4-6-8-24)11-12-22(26)17-27(25)16-20-9-13-23(28-2)14-10-20/h3-10,13-14,21-22,25H,1,11-12,15-19H2,2H3/t21-,22+,25-/m1/s1. The van der Waals surface area contributed by atoms with Crippen LogP contribution in [0.15, 0.2) is 67.3 Å². The second-order valence-corrected chi connectivity index (χ2v) is 8.20. The van der Waals surface area contributed by atoms with E-state index in [1.54, 1.807) is 7.11 Å². The van der Waals surface area contributed by atoms with Crippen LogP contribution >= 0.6 is 0 Å². The van der Waals surface area contributed by atoms with Crippen molar-refractivity contribution in [2.75, 3.05) is 33.4 Å². The van der Waals surface area contributed by atoms with Crippen LogP contribution in [0.4, 0.5) is 0 Å². The number of methoxy groups -OCH3 is 1. The van der Waals surface area contributed by atoms with Crippen LogP contribution in [0.5, 0.6) is 11.5 Å². The van der Waals surface area contributed by atoms with Gasteiger partial charge < -0.3 is 9.47 Å². The van der Waals surface area contributed by atoms with E-state index in [4.69, 9.17) is 9.47 Å². The highest BCUT2D eigenvalue weighted by Crippen LogP contribution is 2.33. The predicted octanol–water partition coefficient (Wildman–Crippen LogP) is 4.23. The van der Waals surface area contributed by atoms with E-state index in [1.165, 1.54) is 18.4 Å². The summed E-state index contributed by atoms with van der Waals surface area (Å²) >= 11 is 0. The van der Waals surface area contributed by atoms with Crippen molar-refractivity contribution in [3.63, 3.8) is 0 Å². The van der Waals surface area contributed by atoms with Gasteiger partial charge >= 0.3 is 0 Å². The molecular formula is C25H32N2O2. The minimum absolute atomic E-state index is 0.500. The van der Waals surface area contributed by atoms with E-state index >= 15 is 0 Å². The molecule has 0 saturated carbocycles. The Morgan fingerprint density at radius 3 is 2.48 bits per heavy atom. The van der Waals surface area contributed by atoms with E-state index in [2.05, 4.69) is 40.6 Å². The number of hydrogen-bond acceptors (Lipinski definition) is 4. The minimum atomic E-state index is 0.500. The van der Waals surface area contributed by atoms with E-state index in [1.807, 2.05) is 36.4 Å². The fourth-order valence-electron chi connectivity index (χ4n) is 4.80. The highest BCUT2D eigenvalue weighted by molar-refractivity contribution is 5.27. The molecule has 5 rings (SSSR count). The molecule has 2 aromatic carbocycles. The summed E-state index contributed by atoms with van der Waals surface area (Å²) in [5.74, 6) is 2.42. The van der Waals surface area contributed by atoms with Crippen LogP contribution in [0, 0.1) is 5.92 Å². The van der Waals surface area contributed by atoms with Crippen molar-refractivity contribution in [1.82, 2.24) is 9.80 Å². The van der Waals surface area contributed by atoms with E-state index in [0.717, 1.165) is 44.3 Å². The normalized spacial score (nSPS) is 24.8. The third-order valence-electron chi connectivity index (χ3n) is 6.38. The summed E-state index contributed by atoms with van der Waals surface area (Å²) in [6, 6.07) is 19.8. The summed E-state index contributed by atoms with van der Waals surface area (Å²) in [5, 5.41) is 0. The van der Waals surface area contributed by atoms with E-state index < -0.39 is 0 Å². The van der Waals surface area contributed by atoms with Crippen LogP contribution < -0.4 is 9.47 Å². The summed E-state index contributed by atoms with van der Waals surface area (Å²) < 4.78 is 11.5. The molecule has 4 heteroatoms. The first-order valence-electron chi connectivity index (χ1n) is 10.7. The van der Waals surface area contributed by atoms with Gasteiger partial charge in [-0.1, -0.05) is 36.4 Å². The van der Waals surface area contributed by atoms with E-state index in [-0.39, 0.29) is 0 Å². The second kappa shape index (κ2) is 9.47. The van der Waals surface area contributed by atoms with Gasteiger partial charge in [-0.15, -0.1) is 6.58 Å². The first-order chi connectivity index (χ1) is 14.3. The van der Waals surface area contributed by atoms with Gasteiger partial charge in [-0.2, -0.15) is 0 Å². The molecule has 2 aromatic rings. The van der Waals surface area contributed by atoms with Crippen molar-refractivity contribution in [2.24, 2.45) is 5.92 Å². The summed E-state index contributed by atoms with van der Waals surface area (Å²) in [6.07, 6.45) is 4.49. The average molecular weight is 393 g/mol. The Morgan fingerprint density at radius 1 is 0.966 bits per heavy atom. The smallest absolute Gasteiger partial charge is 0.119 e. The number of para-hydroxylation sites is 1. The first kappa shape index (κ1) is 20.0. The van der Waals surface area contributed by atoms with Crippen molar-refractivity contribution in [3.05, 3.63) is 72.8 Å². The number of piperazine rings is 1. The third-order valence-corrected chi connectivity index (χ3v) is 6.38. The predicted molar refractivity (Wildman–Crippen MR) is 117 cm³/mol. The molecule has 0 amide bonds. The van der Waals surface area contributed by atoms with Crippen molar-refractivity contribution >= 4 is 0 Å². The molecule has 0 N–H and O–H groups in total. The second-order valence-electron chi connectivity index (χ2n) is 8.20. The zero-order valence-corrected chi connectivity index (χ0v) is 17.4. The van der Waals surface area contributed by atoms with Crippen molar-refractivity contribution in [3.8, 4) is 11.5 Å². The minimum Gasteiger partial charge on any atom is -0.497 e. The molecule has 3 heterocycles. The highest BCUT2D eigenvalue weighted by Gasteiger charge is 2.41. The maximum atomic E-state index is 6.19. The lowest BCUT2D eigenvalue weighted by Crippen LogP contribution is -2.57. The van der Waals surface area contributed by atoms with Crippen LogP contribution in [0.1, 0.15) is 18.4 Å². The fourth-order valence-corrected chi connectivity index (χ4v) is 4.80. The monoisotopic (exact) mass is 392 g/mol. The van der Waals surface area contributed by atoms with Gasteiger partial charge in [-0.05, 0) is 42.7 Å². The molecule has 0 aromatic heterocycles. The SMILES string of the molecule is C=CCN1C[C@@H]2[C@@H](COc3ccccc3)CC[C@H]1CN2Cc1ccc(OC)cc1. The van der Waals surface area contributed by atoms with Gasteiger partial charge in [0.2, 0.25) is 0 Å². The van der Waals surface area contributed by atoms with Gasteiger partial charge in [0, 0.05) is 44.2 Å². The van der Waals surface area contributed by atoms with Gasteiger partial charge in [0.05, 0.1) is 13.7 Å². The molecule has 0 unspecified atom stereocenters. The van der Waals surface area contributed by atoms with Crippen LogP contribution in [-0.4, -0.2) is 55.2 Å². The highest BCUT2D eigenvalue weighted by atomic mass is 16.5. The van der Waals surface area contributed by atoms with Gasteiger partial charge in [-0.3, -0.25) is 9.80 Å². The number of nitrogens with zero attached hydrogens (tertiary/aromatic N) is 2. The molecule has 4 nitrogen and oxygen atoms in total. The quantitative estimate of drug-likeness (QED) is 0.628. The molecule has 3 aliphatic heterocycles. The molecule has 3 fully saturated rings. The number of fused-ring (bicyclic) bond motifs is 4. The van der Waals surface area contributed by atoms with Gasteiger partial charge in [0.1, 0.15) is 11.5 Å². The first-order valence-corrected chi connectivity index (χ1v) is 10.7. The number of benzene rings is 2. The van der Waals surface area contributed by atoms with Gasteiger partial charge in [0.25, 0.3) is 0 Å². The summed E-state index contributed by atoms with van der Waals surface area (Å²) in [6.45, 7) is 8.92. The largest absolute Gasteiger partial charge is 0.497 e. The Labute approximate surface area is 174 Å². The van der Waals surface area contributed by atoms with Crippen LogP contribution in [0.3, 0.4) is 0 Å². The average Bonchev–Trinajstić information content (AvgIpc) is 3.03. The molecule has 3 saturated heterocycles. The third kappa shape index (κ3) is 4.82. The van der Waals surface area contributed by atoms with Gasteiger partial charge in [-0.25, -0.2) is 0 Å². The van der Waals surface area contributed by atoms with Crippen molar-refractivity contribution in [1.29, 1.82) is 0 Å². The molecule has 3 atom stereocenters. The topological polar surface area (TPSA) is 24.9 Å². The molecule has 0 radical (unpaired) electrons. The number of ether oxygens (including phenoxy) is 2. The molecule has 3 aliphatic rings. The molecule has 0 aliphatic carbocycles. The Kier molecular flexibility index (Phi) is 6.53.